The predicted octanol–water partition coefficient (Wildman–Crippen LogP) is 4.04. The molecule has 1 atom stereocenters. The van der Waals surface area contributed by atoms with Crippen LogP contribution in [0.1, 0.15) is 36.5 Å². The highest BCUT2D eigenvalue weighted by molar-refractivity contribution is 6.17. The Bertz CT molecular complexity index is 949. The van der Waals surface area contributed by atoms with Crippen molar-refractivity contribution in [3.8, 4) is 0 Å². The lowest BCUT2D eigenvalue weighted by molar-refractivity contribution is -0.151. The number of fused-ring (bicyclic) bond motifs is 1. The third kappa shape index (κ3) is 3.19. The standard InChI is InChI=1S/C20H22ClN3O2/c1-20(2,19(25)26-4)18(14-7-5-6-13(10-14)12-21)15-8-9-17-16(11-15)22-23-24(17)3/h5-11,18H,12H2,1-4H3. The molecule has 1 aromatic heterocycles. The number of halogens is 1. The van der Waals surface area contributed by atoms with E-state index in [0.717, 1.165) is 27.7 Å². The van der Waals surface area contributed by atoms with Crippen LogP contribution in [0.2, 0.25) is 0 Å². The zero-order valence-electron chi connectivity index (χ0n) is 15.4. The number of esters is 1. The van der Waals surface area contributed by atoms with Crippen molar-refractivity contribution in [2.75, 3.05) is 7.11 Å². The van der Waals surface area contributed by atoms with Crippen molar-refractivity contribution in [1.29, 1.82) is 0 Å². The average Bonchev–Trinajstić information content (AvgIpc) is 3.01. The third-order valence-electron chi connectivity index (χ3n) is 4.84. The number of aryl methyl sites for hydroxylation is 1. The second-order valence-electron chi connectivity index (χ2n) is 6.99. The number of carbonyl (C=O) groups is 1. The van der Waals surface area contributed by atoms with E-state index in [1.165, 1.54) is 7.11 Å². The lowest BCUT2D eigenvalue weighted by Gasteiger charge is -2.33. The summed E-state index contributed by atoms with van der Waals surface area (Å²) in [5, 5.41) is 8.28. The summed E-state index contributed by atoms with van der Waals surface area (Å²) in [7, 11) is 3.27. The molecule has 0 aliphatic carbocycles. The Morgan fingerprint density at radius 3 is 2.65 bits per heavy atom. The van der Waals surface area contributed by atoms with Crippen molar-refractivity contribution in [3.63, 3.8) is 0 Å². The Kier molecular flexibility index (Phi) is 5.01. The van der Waals surface area contributed by atoms with Crippen LogP contribution in [0.3, 0.4) is 0 Å². The smallest absolute Gasteiger partial charge is 0.312 e. The number of aromatic nitrogens is 3. The first-order valence-corrected chi connectivity index (χ1v) is 8.94. The van der Waals surface area contributed by atoms with Gasteiger partial charge < -0.3 is 4.74 Å². The molecule has 0 aliphatic rings. The lowest BCUT2D eigenvalue weighted by atomic mass is 9.71. The second-order valence-corrected chi connectivity index (χ2v) is 7.25. The van der Waals surface area contributed by atoms with E-state index in [9.17, 15) is 4.79 Å². The van der Waals surface area contributed by atoms with E-state index in [2.05, 4.69) is 10.3 Å². The molecular formula is C20H22ClN3O2. The minimum absolute atomic E-state index is 0.204. The van der Waals surface area contributed by atoms with Crippen LogP contribution in [0.4, 0.5) is 0 Å². The van der Waals surface area contributed by atoms with E-state index in [1.807, 2.05) is 63.4 Å². The highest BCUT2D eigenvalue weighted by Crippen LogP contribution is 2.42. The first kappa shape index (κ1) is 18.4. The maximum absolute atomic E-state index is 12.6. The highest BCUT2D eigenvalue weighted by atomic mass is 35.5. The summed E-state index contributed by atoms with van der Waals surface area (Å²) >= 11 is 6.02. The molecule has 0 radical (unpaired) electrons. The van der Waals surface area contributed by atoms with Gasteiger partial charge in [0.2, 0.25) is 0 Å². The Balaban J connectivity index is 2.19. The molecule has 0 saturated heterocycles. The van der Waals surface area contributed by atoms with Crippen molar-refractivity contribution < 1.29 is 9.53 Å². The molecule has 3 aromatic rings. The molecule has 1 unspecified atom stereocenters. The van der Waals surface area contributed by atoms with Gasteiger partial charge in [0.05, 0.1) is 18.0 Å². The molecule has 0 spiro atoms. The van der Waals surface area contributed by atoms with Crippen LogP contribution in [0.25, 0.3) is 11.0 Å². The average molecular weight is 372 g/mol. The maximum atomic E-state index is 12.6. The van der Waals surface area contributed by atoms with Crippen LogP contribution in [-0.2, 0) is 22.5 Å². The zero-order valence-corrected chi connectivity index (χ0v) is 16.1. The number of hydrogen-bond donors (Lipinski definition) is 0. The van der Waals surface area contributed by atoms with Crippen LogP contribution in [-0.4, -0.2) is 28.1 Å². The Morgan fingerprint density at radius 1 is 1.23 bits per heavy atom. The van der Waals surface area contributed by atoms with Crippen LogP contribution in [0, 0.1) is 5.41 Å². The van der Waals surface area contributed by atoms with Gasteiger partial charge in [-0.25, -0.2) is 4.68 Å². The van der Waals surface area contributed by atoms with Gasteiger partial charge in [-0.2, -0.15) is 0 Å². The van der Waals surface area contributed by atoms with Crippen molar-refractivity contribution in [3.05, 3.63) is 59.2 Å². The molecule has 6 heteroatoms. The zero-order chi connectivity index (χ0) is 18.9. The number of methoxy groups -OCH3 is 1. The van der Waals surface area contributed by atoms with Gasteiger partial charge in [0.15, 0.2) is 0 Å². The van der Waals surface area contributed by atoms with Gasteiger partial charge in [0, 0.05) is 18.8 Å². The van der Waals surface area contributed by atoms with Gasteiger partial charge in [-0.1, -0.05) is 35.5 Å². The fraction of sp³-hybridized carbons (Fsp3) is 0.350. The van der Waals surface area contributed by atoms with E-state index < -0.39 is 5.41 Å². The Hall–Kier alpha value is -2.40. The number of rotatable bonds is 5. The fourth-order valence-corrected chi connectivity index (χ4v) is 3.67. The summed E-state index contributed by atoms with van der Waals surface area (Å²) in [6.45, 7) is 3.80. The minimum Gasteiger partial charge on any atom is -0.469 e. The number of benzene rings is 2. The quantitative estimate of drug-likeness (QED) is 0.501. The number of hydrogen-bond acceptors (Lipinski definition) is 4. The van der Waals surface area contributed by atoms with E-state index in [4.69, 9.17) is 16.3 Å². The van der Waals surface area contributed by atoms with Gasteiger partial charge in [0.1, 0.15) is 5.52 Å². The predicted molar refractivity (Wildman–Crippen MR) is 102 cm³/mol. The summed E-state index contributed by atoms with van der Waals surface area (Å²) in [6, 6.07) is 14.0. The van der Waals surface area contributed by atoms with E-state index in [-0.39, 0.29) is 11.9 Å². The lowest BCUT2D eigenvalue weighted by Crippen LogP contribution is -2.33. The fourth-order valence-electron chi connectivity index (χ4n) is 3.50. The summed E-state index contributed by atoms with van der Waals surface area (Å²) < 4.78 is 6.82. The number of carbonyl (C=O) groups excluding carboxylic acids is 1. The van der Waals surface area contributed by atoms with E-state index in [1.54, 1.807) is 4.68 Å². The monoisotopic (exact) mass is 371 g/mol. The van der Waals surface area contributed by atoms with Crippen LogP contribution >= 0.6 is 11.6 Å². The normalized spacial score (nSPS) is 13.0. The first-order valence-electron chi connectivity index (χ1n) is 8.41. The molecule has 0 aliphatic heterocycles. The number of ether oxygens (including phenoxy) is 1. The second kappa shape index (κ2) is 7.08. The van der Waals surface area contributed by atoms with Gasteiger partial charge in [-0.15, -0.1) is 16.7 Å². The van der Waals surface area contributed by atoms with Crippen molar-refractivity contribution >= 4 is 28.6 Å². The van der Waals surface area contributed by atoms with Crippen LogP contribution in [0.15, 0.2) is 42.5 Å². The van der Waals surface area contributed by atoms with Gasteiger partial charge >= 0.3 is 5.97 Å². The van der Waals surface area contributed by atoms with E-state index >= 15 is 0 Å². The number of alkyl halides is 1. The molecule has 5 nitrogen and oxygen atoms in total. The van der Waals surface area contributed by atoms with Crippen LogP contribution in [0.5, 0.6) is 0 Å². The Morgan fingerprint density at radius 2 is 1.96 bits per heavy atom. The molecule has 2 aromatic carbocycles. The highest BCUT2D eigenvalue weighted by Gasteiger charge is 2.40. The Labute approximate surface area is 157 Å². The molecule has 0 bridgehead atoms. The molecule has 0 amide bonds. The largest absolute Gasteiger partial charge is 0.469 e. The van der Waals surface area contributed by atoms with E-state index in [0.29, 0.717) is 5.88 Å². The molecule has 0 saturated carbocycles. The summed E-state index contributed by atoms with van der Waals surface area (Å²) in [5.41, 5.74) is 3.98. The van der Waals surface area contributed by atoms with Crippen molar-refractivity contribution in [1.82, 2.24) is 15.0 Å². The third-order valence-corrected chi connectivity index (χ3v) is 5.15. The van der Waals surface area contributed by atoms with Crippen molar-refractivity contribution in [2.45, 2.75) is 25.6 Å². The molecule has 26 heavy (non-hydrogen) atoms. The molecule has 0 fully saturated rings. The topological polar surface area (TPSA) is 57.0 Å². The van der Waals surface area contributed by atoms with Gasteiger partial charge in [-0.3, -0.25) is 4.79 Å². The number of nitrogens with zero attached hydrogens (tertiary/aromatic N) is 3. The summed E-state index contributed by atoms with van der Waals surface area (Å²) in [6.07, 6.45) is 0. The van der Waals surface area contributed by atoms with Crippen molar-refractivity contribution in [2.24, 2.45) is 12.5 Å². The van der Waals surface area contributed by atoms with Gasteiger partial charge in [-0.05, 0) is 42.7 Å². The molecule has 0 N–H and O–H groups in total. The SMILES string of the molecule is COC(=O)C(C)(C)C(c1cccc(CCl)c1)c1ccc2c(c1)nnn2C. The summed E-state index contributed by atoms with van der Waals surface area (Å²) in [5.74, 6) is -0.0508. The summed E-state index contributed by atoms with van der Waals surface area (Å²) in [4.78, 5) is 12.6. The molecule has 3 rings (SSSR count). The first-order chi connectivity index (χ1) is 12.4. The van der Waals surface area contributed by atoms with Crippen LogP contribution < -0.4 is 0 Å². The maximum Gasteiger partial charge on any atom is 0.312 e. The molecular weight excluding hydrogens is 350 g/mol. The molecule has 1 heterocycles. The van der Waals surface area contributed by atoms with Gasteiger partial charge in [0.25, 0.3) is 0 Å². The minimum atomic E-state index is -0.768. The molecule has 136 valence electrons.